The van der Waals surface area contributed by atoms with E-state index in [1.165, 1.54) is 12.0 Å². The number of hydrogen-bond acceptors (Lipinski definition) is 4. The second-order valence-corrected chi connectivity index (χ2v) is 6.93. The first-order chi connectivity index (χ1) is 10.8. The smallest absolute Gasteiger partial charge is 0.221 e. The molecule has 4 nitrogen and oxygen atoms in total. The van der Waals surface area contributed by atoms with E-state index >= 15 is 0 Å². The molecule has 2 fully saturated rings. The van der Waals surface area contributed by atoms with Gasteiger partial charge in [-0.2, -0.15) is 0 Å². The second kappa shape index (κ2) is 5.82. The lowest BCUT2D eigenvalue weighted by atomic mass is 10.1. The van der Waals surface area contributed by atoms with Crippen molar-refractivity contribution in [3.63, 3.8) is 0 Å². The predicted octanol–water partition coefficient (Wildman–Crippen LogP) is 2.66. The van der Waals surface area contributed by atoms with Crippen molar-refractivity contribution in [2.45, 2.75) is 37.9 Å². The zero-order valence-corrected chi connectivity index (χ0v) is 13.2. The van der Waals surface area contributed by atoms with Crippen molar-refractivity contribution in [1.82, 2.24) is 15.2 Å². The first kappa shape index (κ1) is 13.9. The minimum absolute atomic E-state index is 0.195. The van der Waals surface area contributed by atoms with Crippen molar-refractivity contribution in [1.29, 1.82) is 0 Å². The van der Waals surface area contributed by atoms with Crippen LogP contribution in [0.1, 0.15) is 25.0 Å². The standard InChI is InChI=1S/C17H19N3OS/c21-16-8-14-6-7-15(9-18-16)20(14)10-13-11-22-17(19-13)12-4-2-1-3-5-12/h1-5,11,14-15H,6-10H2,(H,18,21)/t14-,15+/m1/s1. The monoisotopic (exact) mass is 313 g/mol. The Balaban J connectivity index is 1.52. The van der Waals surface area contributed by atoms with Crippen LogP contribution in [0.2, 0.25) is 0 Å². The zero-order chi connectivity index (χ0) is 14.9. The molecule has 2 bridgehead atoms. The van der Waals surface area contributed by atoms with Gasteiger partial charge in [-0.1, -0.05) is 30.3 Å². The number of fused-ring (bicyclic) bond motifs is 2. The summed E-state index contributed by atoms with van der Waals surface area (Å²) in [6.07, 6.45) is 2.95. The lowest BCUT2D eigenvalue weighted by Crippen LogP contribution is -2.37. The van der Waals surface area contributed by atoms with E-state index in [4.69, 9.17) is 4.98 Å². The van der Waals surface area contributed by atoms with Crippen molar-refractivity contribution < 1.29 is 4.79 Å². The highest BCUT2D eigenvalue weighted by atomic mass is 32.1. The van der Waals surface area contributed by atoms with Crippen molar-refractivity contribution in [2.24, 2.45) is 0 Å². The minimum Gasteiger partial charge on any atom is -0.354 e. The third kappa shape index (κ3) is 2.66. The highest BCUT2D eigenvalue weighted by Gasteiger charge is 2.37. The molecule has 1 amide bonds. The Kier molecular flexibility index (Phi) is 3.68. The number of carbonyl (C=O) groups is 1. The van der Waals surface area contributed by atoms with Crippen LogP contribution >= 0.6 is 11.3 Å². The molecule has 0 aliphatic carbocycles. The molecule has 0 radical (unpaired) electrons. The number of nitrogens with zero attached hydrogens (tertiary/aromatic N) is 2. The molecule has 0 unspecified atom stereocenters. The maximum Gasteiger partial charge on any atom is 0.221 e. The lowest BCUT2D eigenvalue weighted by Gasteiger charge is -2.25. The number of aromatic nitrogens is 1. The van der Waals surface area contributed by atoms with E-state index in [-0.39, 0.29) is 5.91 Å². The summed E-state index contributed by atoms with van der Waals surface area (Å²) in [6, 6.07) is 11.2. The lowest BCUT2D eigenvalue weighted by molar-refractivity contribution is -0.121. The quantitative estimate of drug-likeness (QED) is 0.947. The summed E-state index contributed by atoms with van der Waals surface area (Å²) >= 11 is 1.70. The van der Waals surface area contributed by atoms with Crippen molar-refractivity contribution in [2.75, 3.05) is 6.54 Å². The average Bonchev–Trinajstić information content (AvgIpc) is 3.10. The Morgan fingerprint density at radius 2 is 2.05 bits per heavy atom. The number of nitrogens with one attached hydrogen (secondary N) is 1. The van der Waals surface area contributed by atoms with Gasteiger partial charge >= 0.3 is 0 Å². The molecule has 4 rings (SSSR count). The molecule has 3 heterocycles. The number of amides is 1. The van der Waals surface area contributed by atoms with Gasteiger partial charge in [0.05, 0.1) is 5.69 Å². The van der Waals surface area contributed by atoms with Gasteiger partial charge in [0.1, 0.15) is 5.01 Å². The number of thiazole rings is 1. The Hall–Kier alpha value is -1.72. The van der Waals surface area contributed by atoms with Crippen LogP contribution in [-0.2, 0) is 11.3 Å². The molecule has 2 aliphatic rings. The van der Waals surface area contributed by atoms with Gasteiger partial charge in [-0.3, -0.25) is 9.69 Å². The number of rotatable bonds is 3. The molecule has 22 heavy (non-hydrogen) atoms. The third-order valence-electron chi connectivity index (χ3n) is 4.64. The Morgan fingerprint density at radius 3 is 2.91 bits per heavy atom. The van der Waals surface area contributed by atoms with E-state index in [1.54, 1.807) is 11.3 Å². The molecular formula is C17H19N3OS. The summed E-state index contributed by atoms with van der Waals surface area (Å²) in [7, 11) is 0. The van der Waals surface area contributed by atoms with Crippen molar-refractivity contribution in [3.05, 3.63) is 41.4 Å². The largest absolute Gasteiger partial charge is 0.354 e. The molecule has 1 N–H and O–H groups in total. The molecule has 0 saturated carbocycles. The molecule has 2 saturated heterocycles. The Bertz CT molecular complexity index is 670. The van der Waals surface area contributed by atoms with Gasteiger partial charge in [-0.15, -0.1) is 11.3 Å². The van der Waals surface area contributed by atoms with Crippen LogP contribution in [0.4, 0.5) is 0 Å². The van der Waals surface area contributed by atoms with Crippen LogP contribution in [0.25, 0.3) is 10.6 Å². The van der Waals surface area contributed by atoms with Gasteiger partial charge in [-0.25, -0.2) is 4.98 Å². The fourth-order valence-electron chi connectivity index (χ4n) is 3.51. The van der Waals surface area contributed by atoms with Crippen LogP contribution < -0.4 is 5.32 Å². The van der Waals surface area contributed by atoms with Crippen LogP contribution in [0.5, 0.6) is 0 Å². The Labute approximate surface area is 134 Å². The van der Waals surface area contributed by atoms with E-state index in [1.807, 2.05) is 18.2 Å². The fourth-order valence-corrected chi connectivity index (χ4v) is 4.33. The molecule has 2 aromatic rings. The summed E-state index contributed by atoms with van der Waals surface area (Å²) in [6.45, 7) is 1.64. The third-order valence-corrected chi connectivity index (χ3v) is 5.58. The highest BCUT2D eigenvalue weighted by Crippen LogP contribution is 2.31. The topological polar surface area (TPSA) is 45.2 Å². The van der Waals surface area contributed by atoms with Gasteiger partial charge in [0.2, 0.25) is 5.91 Å². The van der Waals surface area contributed by atoms with E-state index in [9.17, 15) is 4.79 Å². The van der Waals surface area contributed by atoms with E-state index < -0.39 is 0 Å². The summed E-state index contributed by atoms with van der Waals surface area (Å²) in [5.41, 5.74) is 2.30. The second-order valence-electron chi connectivity index (χ2n) is 6.08. The molecule has 2 aliphatic heterocycles. The number of hydrogen-bond donors (Lipinski definition) is 1. The van der Waals surface area contributed by atoms with Gasteiger partial charge < -0.3 is 5.32 Å². The van der Waals surface area contributed by atoms with Crippen LogP contribution in [-0.4, -0.2) is 34.4 Å². The van der Waals surface area contributed by atoms with Crippen molar-refractivity contribution >= 4 is 17.2 Å². The maximum absolute atomic E-state index is 11.7. The summed E-state index contributed by atoms with van der Waals surface area (Å²) in [4.78, 5) is 19.0. The van der Waals surface area contributed by atoms with Gasteiger partial charge in [0.15, 0.2) is 0 Å². The first-order valence-electron chi connectivity index (χ1n) is 7.82. The van der Waals surface area contributed by atoms with Gasteiger partial charge in [0, 0.05) is 42.5 Å². The van der Waals surface area contributed by atoms with E-state index in [0.29, 0.717) is 18.5 Å². The molecule has 5 heteroatoms. The molecule has 114 valence electrons. The predicted molar refractivity (Wildman–Crippen MR) is 87.5 cm³/mol. The first-order valence-corrected chi connectivity index (χ1v) is 8.70. The van der Waals surface area contributed by atoms with Crippen LogP contribution in [0.3, 0.4) is 0 Å². The fraction of sp³-hybridized carbons (Fsp3) is 0.412. The summed E-state index contributed by atoms with van der Waals surface area (Å²) in [5.74, 6) is 0.195. The van der Waals surface area contributed by atoms with Crippen molar-refractivity contribution in [3.8, 4) is 10.6 Å². The number of benzene rings is 1. The van der Waals surface area contributed by atoms with Gasteiger partial charge in [0.25, 0.3) is 0 Å². The molecule has 2 atom stereocenters. The maximum atomic E-state index is 11.7. The SMILES string of the molecule is O=C1C[C@H]2CC[C@@H](CN1)N2Cc1csc(-c2ccccc2)n1. The zero-order valence-electron chi connectivity index (χ0n) is 12.4. The molecule has 1 aromatic heterocycles. The van der Waals surface area contributed by atoms with Crippen LogP contribution in [0.15, 0.2) is 35.7 Å². The molecule has 1 aromatic carbocycles. The average molecular weight is 313 g/mol. The van der Waals surface area contributed by atoms with E-state index in [2.05, 4.69) is 27.7 Å². The summed E-state index contributed by atoms with van der Waals surface area (Å²) < 4.78 is 0. The molecule has 0 spiro atoms. The highest BCUT2D eigenvalue weighted by molar-refractivity contribution is 7.13. The van der Waals surface area contributed by atoms with Crippen LogP contribution in [0, 0.1) is 0 Å². The normalized spacial score (nSPS) is 25.0. The Morgan fingerprint density at radius 1 is 1.23 bits per heavy atom. The minimum atomic E-state index is 0.195. The van der Waals surface area contributed by atoms with E-state index in [0.717, 1.165) is 30.2 Å². The van der Waals surface area contributed by atoms with Gasteiger partial charge in [-0.05, 0) is 12.8 Å². The number of carbonyl (C=O) groups excluding carboxylic acids is 1. The summed E-state index contributed by atoms with van der Waals surface area (Å²) in [5, 5.41) is 6.25. The molecular weight excluding hydrogens is 294 g/mol.